The van der Waals surface area contributed by atoms with Crippen LogP contribution in [0.3, 0.4) is 0 Å². The van der Waals surface area contributed by atoms with E-state index < -0.39 is 0 Å². The number of aromatic nitrogens is 4. The summed E-state index contributed by atoms with van der Waals surface area (Å²) >= 11 is 0. The number of hydrogen-bond donors (Lipinski definition) is 1. The Morgan fingerprint density at radius 1 is 0.643 bits per heavy atom. The number of nitrogens with zero attached hydrogens (tertiary/aromatic N) is 3. The second-order valence-electron chi connectivity index (χ2n) is 11.5. The van der Waals surface area contributed by atoms with Gasteiger partial charge in [-0.15, -0.1) is 0 Å². The van der Waals surface area contributed by atoms with Gasteiger partial charge in [-0.25, -0.2) is 9.97 Å². The van der Waals surface area contributed by atoms with Crippen LogP contribution in [0, 0.1) is 0 Å². The molecular weight excluding hydrogens is 512 g/mol. The first kappa shape index (κ1) is 28.0. The Morgan fingerprint density at radius 2 is 1.26 bits per heavy atom. The predicted molar refractivity (Wildman–Crippen MR) is 180 cm³/mol. The molecule has 1 N–H and O–H groups in total. The molecule has 0 radical (unpaired) electrons. The fourth-order valence-electron chi connectivity index (χ4n) is 6.57. The zero-order valence-electron chi connectivity index (χ0n) is 25.5. The van der Waals surface area contributed by atoms with Gasteiger partial charge in [0.1, 0.15) is 0 Å². The molecule has 214 valence electrons. The molecule has 4 aromatic rings. The molecule has 5 heterocycles. The Hall–Kier alpha value is -4.18. The zero-order valence-corrected chi connectivity index (χ0v) is 25.5. The quantitative estimate of drug-likeness (QED) is 0.193. The normalized spacial score (nSPS) is 12.4. The van der Waals surface area contributed by atoms with Crippen molar-refractivity contribution < 1.29 is 0 Å². The summed E-state index contributed by atoms with van der Waals surface area (Å²) in [5.41, 5.74) is 15.8. The molecule has 0 amide bonds. The van der Waals surface area contributed by atoms with Crippen molar-refractivity contribution in [2.24, 2.45) is 0 Å². The van der Waals surface area contributed by atoms with Crippen LogP contribution in [0.2, 0.25) is 0 Å². The molecular formula is C38H42N4. The Balaban J connectivity index is 1.89. The van der Waals surface area contributed by atoms with E-state index in [0.717, 1.165) is 79.8 Å². The van der Waals surface area contributed by atoms with Crippen LogP contribution in [0.15, 0.2) is 54.6 Å². The van der Waals surface area contributed by atoms with Crippen LogP contribution < -0.4 is 0 Å². The first-order valence-electron chi connectivity index (χ1n) is 15.8. The summed E-state index contributed by atoms with van der Waals surface area (Å²) in [5, 5.41) is 0. The van der Waals surface area contributed by atoms with Gasteiger partial charge in [0, 0.05) is 23.1 Å². The number of nitrogens with one attached hydrogen (secondary N) is 1. The molecule has 6 rings (SSSR count). The minimum absolute atomic E-state index is 0.934. The first-order valence-corrected chi connectivity index (χ1v) is 15.8. The molecule has 42 heavy (non-hydrogen) atoms. The fourth-order valence-corrected chi connectivity index (χ4v) is 6.57. The Bertz CT molecular complexity index is 1820. The van der Waals surface area contributed by atoms with Crippen molar-refractivity contribution in [1.82, 2.24) is 19.5 Å². The van der Waals surface area contributed by atoms with E-state index in [9.17, 15) is 0 Å². The summed E-state index contributed by atoms with van der Waals surface area (Å²) in [6, 6.07) is 19.9. The summed E-state index contributed by atoms with van der Waals surface area (Å²) < 4.78 is 2.62. The molecule has 0 saturated heterocycles. The maximum absolute atomic E-state index is 5.04. The van der Waals surface area contributed by atoms with Gasteiger partial charge in [-0.05, 0) is 96.5 Å². The molecule has 4 heteroatoms. The van der Waals surface area contributed by atoms with Crippen LogP contribution in [-0.4, -0.2) is 19.5 Å². The standard InChI is InChI=1S/C38H42N4/c1-5-12-27-22-32-24-30-18-17-28(39-30)23-29-19-20-31(40-29)25-35-36(26-15-10-9-11-16-26)33(13-6-2)38(42(35)21-8-4)34(14-7-3)37(27)41-32/h9-11,15-20,22-25,41H,5-8,12-14,21H2,1-4H3. The average molecular weight is 555 g/mol. The monoisotopic (exact) mass is 554 g/mol. The molecule has 4 nitrogen and oxygen atoms in total. The van der Waals surface area contributed by atoms with Gasteiger partial charge in [0.05, 0.1) is 33.8 Å². The number of aromatic amines is 1. The van der Waals surface area contributed by atoms with Gasteiger partial charge in [-0.1, -0.05) is 77.3 Å². The fraction of sp³-hybridized carbons (Fsp3) is 0.316. The maximum Gasteiger partial charge on any atom is 0.0659 e. The highest BCUT2D eigenvalue weighted by molar-refractivity contribution is 5.95. The van der Waals surface area contributed by atoms with Crippen molar-refractivity contribution in [3.05, 3.63) is 94.1 Å². The van der Waals surface area contributed by atoms with E-state index in [4.69, 9.17) is 9.97 Å². The van der Waals surface area contributed by atoms with E-state index in [1.165, 1.54) is 44.4 Å². The lowest BCUT2D eigenvalue weighted by molar-refractivity contribution is 0.717. The maximum atomic E-state index is 5.04. The van der Waals surface area contributed by atoms with Crippen LogP contribution in [-0.2, 0) is 25.8 Å². The van der Waals surface area contributed by atoms with Crippen LogP contribution in [0.4, 0.5) is 0 Å². The van der Waals surface area contributed by atoms with Gasteiger partial charge in [-0.2, -0.15) is 0 Å². The Kier molecular flexibility index (Phi) is 8.23. The van der Waals surface area contributed by atoms with E-state index in [1.807, 2.05) is 0 Å². The highest BCUT2D eigenvalue weighted by Crippen LogP contribution is 2.39. The van der Waals surface area contributed by atoms with Crippen molar-refractivity contribution in [1.29, 1.82) is 0 Å². The minimum atomic E-state index is 0.934. The molecule has 3 aromatic heterocycles. The molecule has 1 aromatic carbocycles. The molecule has 2 aliphatic rings. The van der Waals surface area contributed by atoms with Crippen molar-refractivity contribution >= 4 is 46.4 Å². The minimum Gasteiger partial charge on any atom is -0.355 e. The SMILES string of the molecule is CCCc1cc2cc3nc(cc4nc(cc5c(-c6ccccc6)c(CCC)c(c(CCC)c1[nH]2)n5CCC)C=C4)C=C3. The first-order chi connectivity index (χ1) is 20.6. The van der Waals surface area contributed by atoms with E-state index in [1.54, 1.807) is 0 Å². The van der Waals surface area contributed by atoms with Crippen molar-refractivity contribution in [3.8, 4) is 11.1 Å². The smallest absolute Gasteiger partial charge is 0.0659 e. The molecule has 0 fully saturated rings. The van der Waals surface area contributed by atoms with Gasteiger partial charge in [0.25, 0.3) is 0 Å². The highest BCUT2D eigenvalue weighted by Gasteiger charge is 2.21. The van der Waals surface area contributed by atoms with Gasteiger partial charge < -0.3 is 9.55 Å². The van der Waals surface area contributed by atoms with Gasteiger partial charge >= 0.3 is 0 Å². The lowest BCUT2D eigenvalue weighted by atomic mass is 9.96. The van der Waals surface area contributed by atoms with Crippen LogP contribution in [0.5, 0.6) is 0 Å². The molecule has 0 aliphatic carbocycles. The largest absolute Gasteiger partial charge is 0.355 e. The van der Waals surface area contributed by atoms with Gasteiger partial charge in [-0.3, -0.25) is 0 Å². The lowest BCUT2D eigenvalue weighted by Crippen LogP contribution is -2.01. The zero-order chi connectivity index (χ0) is 29.1. The Labute approximate surface area is 249 Å². The van der Waals surface area contributed by atoms with E-state index in [0.29, 0.717) is 0 Å². The third kappa shape index (κ3) is 5.38. The average Bonchev–Trinajstić information content (AvgIpc) is 3.77. The summed E-state index contributed by atoms with van der Waals surface area (Å²) in [6.07, 6.45) is 15.8. The third-order valence-corrected chi connectivity index (χ3v) is 8.19. The van der Waals surface area contributed by atoms with Crippen molar-refractivity contribution in [2.45, 2.75) is 79.2 Å². The molecule has 0 saturated carbocycles. The van der Waals surface area contributed by atoms with Gasteiger partial charge in [0.2, 0.25) is 0 Å². The van der Waals surface area contributed by atoms with Gasteiger partial charge in [0.15, 0.2) is 0 Å². The van der Waals surface area contributed by atoms with E-state index in [2.05, 4.69) is 116 Å². The molecule has 2 aliphatic heterocycles. The second kappa shape index (κ2) is 12.4. The van der Waals surface area contributed by atoms with Crippen LogP contribution in [0.25, 0.3) is 57.5 Å². The van der Waals surface area contributed by atoms with Crippen LogP contribution in [0.1, 0.15) is 92.8 Å². The summed E-state index contributed by atoms with van der Waals surface area (Å²) in [5.74, 6) is 0. The van der Waals surface area contributed by atoms with Crippen molar-refractivity contribution in [2.75, 3.05) is 0 Å². The van der Waals surface area contributed by atoms with Crippen LogP contribution >= 0.6 is 0 Å². The molecule has 8 bridgehead atoms. The topological polar surface area (TPSA) is 46.5 Å². The second-order valence-corrected chi connectivity index (χ2v) is 11.5. The number of benzene rings is 1. The number of aryl methyl sites for hydroxylation is 4. The summed E-state index contributed by atoms with van der Waals surface area (Å²) in [4.78, 5) is 13.8. The summed E-state index contributed by atoms with van der Waals surface area (Å²) in [7, 11) is 0. The lowest BCUT2D eigenvalue weighted by Gasteiger charge is -2.12. The number of rotatable bonds is 9. The Morgan fingerprint density at radius 3 is 1.90 bits per heavy atom. The molecule has 0 atom stereocenters. The van der Waals surface area contributed by atoms with E-state index >= 15 is 0 Å². The number of hydrogen-bond acceptors (Lipinski definition) is 2. The number of H-pyrrole nitrogens is 1. The predicted octanol–water partition coefficient (Wildman–Crippen LogP) is 10.1. The third-order valence-electron chi connectivity index (χ3n) is 8.19. The highest BCUT2D eigenvalue weighted by atomic mass is 15.0. The number of fused-ring (bicyclic) bond motifs is 8. The van der Waals surface area contributed by atoms with Crippen molar-refractivity contribution in [3.63, 3.8) is 0 Å². The molecule has 0 unspecified atom stereocenters. The summed E-state index contributed by atoms with van der Waals surface area (Å²) in [6.45, 7) is 10.1. The molecule has 0 spiro atoms. The van der Waals surface area contributed by atoms with E-state index in [-0.39, 0.29) is 0 Å².